The molecule has 314 valence electrons. The van der Waals surface area contributed by atoms with Crippen molar-refractivity contribution >= 4 is 78.4 Å². The van der Waals surface area contributed by atoms with E-state index in [-0.39, 0.29) is 36.3 Å². The summed E-state index contributed by atoms with van der Waals surface area (Å²) in [5.41, 5.74) is 7.37. The van der Waals surface area contributed by atoms with Crippen LogP contribution in [-0.2, 0) is 26.2 Å². The normalized spacial score (nSPS) is 16.4. The molecule has 12 nitrogen and oxygen atoms in total. The Hall–Kier alpha value is -5.76. The lowest BCUT2D eigenvalue weighted by Crippen LogP contribution is -2.58. The van der Waals surface area contributed by atoms with Gasteiger partial charge in [-0.15, -0.1) is 36.3 Å². The molecule has 1 saturated carbocycles. The van der Waals surface area contributed by atoms with Gasteiger partial charge in [-0.1, -0.05) is 19.1 Å². The fraction of sp³-hybridized carbons (Fsp3) is 0.220. The van der Waals surface area contributed by atoms with Crippen LogP contribution in [0.3, 0.4) is 0 Å². The average Bonchev–Trinajstić information content (AvgIpc) is 3.70. The van der Waals surface area contributed by atoms with Crippen LogP contribution in [0, 0.1) is 23.3 Å². The molecule has 4 aromatic carbocycles. The number of anilines is 3. The summed E-state index contributed by atoms with van der Waals surface area (Å²) in [7, 11) is -5.05. The van der Waals surface area contributed by atoms with Crippen molar-refractivity contribution in [1.82, 2.24) is 19.7 Å². The maximum atomic E-state index is 14.6. The molecule has 1 heterocycles. The Labute approximate surface area is 351 Å². The lowest BCUT2D eigenvalue weighted by atomic mass is 10.0. The van der Waals surface area contributed by atoms with Crippen molar-refractivity contribution in [2.24, 2.45) is 0 Å². The number of hydrogen-bond donors (Lipinski definition) is 4. The molecule has 60 heavy (non-hydrogen) atoms. The molecule has 0 radical (unpaired) electrons. The molecule has 1 aliphatic rings. The largest absolute Gasteiger partial charge is 0.398 e. The molecule has 1 aliphatic carbocycles. The van der Waals surface area contributed by atoms with Gasteiger partial charge in [-0.3, -0.25) is 9.59 Å². The highest BCUT2D eigenvalue weighted by molar-refractivity contribution is 7.99. The van der Waals surface area contributed by atoms with Crippen LogP contribution >= 0.6 is 23.1 Å². The molecule has 5 N–H and O–H groups in total. The second-order valence-electron chi connectivity index (χ2n) is 13.7. The molecule has 1 unspecified atom stereocenters. The minimum Gasteiger partial charge on any atom is -0.398 e. The average molecular weight is 882 g/mol. The van der Waals surface area contributed by atoms with Crippen LogP contribution in [-0.4, -0.2) is 61.7 Å². The quantitative estimate of drug-likeness (QED) is 0.0337. The number of rotatable bonds is 17. The molecule has 4 amide bonds. The Morgan fingerprint density at radius 3 is 2.18 bits per heavy atom. The number of nitrogen functional groups attached to an aromatic ring is 1. The molecule has 0 spiro atoms. The molecule has 1 aromatic heterocycles. The van der Waals surface area contributed by atoms with Crippen LogP contribution < -0.4 is 30.3 Å². The third kappa shape index (κ3) is 9.98. The Morgan fingerprint density at radius 2 is 1.55 bits per heavy atom. The second kappa shape index (κ2) is 18.2. The van der Waals surface area contributed by atoms with Gasteiger partial charge in [-0.25, -0.2) is 32.1 Å². The van der Waals surface area contributed by atoms with E-state index in [1.807, 2.05) is 6.92 Å². The van der Waals surface area contributed by atoms with Crippen molar-refractivity contribution < 1.29 is 40.4 Å². The minimum atomic E-state index is -5.05. The van der Waals surface area contributed by atoms with Crippen LogP contribution in [0.25, 0.3) is 10.2 Å². The molecule has 6 rings (SSSR count). The van der Waals surface area contributed by atoms with Crippen molar-refractivity contribution in [2.45, 2.75) is 42.2 Å². The zero-order chi connectivity index (χ0) is 43.4. The van der Waals surface area contributed by atoms with Crippen molar-refractivity contribution in [3.8, 4) is 0 Å². The Kier molecular flexibility index (Phi) is 13.3. The number of thioether (sulfide) groups is 1. The van der Waals surface area contributed by atoms with E-state index in [0.29, 0.717) is 34.8 Å². The fourth-order valence-electron chi connectivity index (χ4n) is 6.90. The van der Waals surface area contributed by atoms with Gasteiger partial charge in [0.15, 0.2) is 0 Å². The van der Waals surface area contributed by atoms with Gasteiger partial charge in [-0.05, 0) is 90.4 Å². The van der Waals surface area contributed by atoms with Gasteiger partial charge in [0.1, 0.15) is 34.8 Å². The molecule has 19 heteroatoms. The third-order valence-corrected chi connectivity index (χ3v) is 12.3. The zero-order valence-electron chi connectivity index (χ0n) is 32.0. The van der Waals surface area contributed by atoms with E-state index in [4.69, 9.17) is 5.73 Å². The number of nitrogens with zero attached hydrogens (tertiary/aromatic N) is 3. The van der Waals surface area contributed by atoms with E-state index in [9.17, 15) is 40.4 Å². The second-order valence-corrected chi connectivity index (χ2v) is 17.4. The van der Waals surface area contributed by atoms with E-state index in [1.54, 1.807) is 40.6 Å². The summed E-state index contributed by atoms with van der Waals surface area (Å²) in [6, 6.07) is 11.7. The lowest BCUT2D eigenvalue weighted by molar-refractivity contribution is -0.121. The zero-order valence-corrected chi connectivity index (χ0v) is 34.4. The smallest absolute Gasteiger partial charge is 0.330 e. The third-order valence-electron chi connectivity index (χ3n) is 9.52. The number of halogens is 4. The Balaban J connectivity index is 1.31. The van der Waals surface area contributed by atoms with Gasteiger partial charge in [-0.2, -0.15) is 13.1 Å². The molecular formula is C41H39F4N7O5S3. The summed E-state index contributed by atoms with van der Waals surface area (Å²) in [6.07, 6.45) is 2.02. The first-order valence-corrected chi connectivity index (χ1v) is 21.6. The number of benzene rings is 4. The highest BCUT2D eigenvalue weighted by Gasteiger charge is 2.63. The van der Waals surface area contributed by atoms with Crippen LogP contribution in [0.2, 0.25) is 0 Å². The summed E-state index contributed by atoms with van der Waals surface area (Å²) in [4.78, 5) is 50.1. The minimum absolute atomic E-state index is 0.0212. The topological polar surface area (TPSA) is 167 Å². The Morgan fingerprint density at radius 1 is 0.933 bits per heavy atom. The molecule has 0 saturated heterocycles. The van der Waals surface area contributed by atoms with Crippen LogP contribution in [0.4, 0.5) is 39.4 Å². The number of thiazole rings is 1. The lowest BCUT2D eigenvalue weighted by Gasteiger charge is -2.29. The number of aromatic nitrogens is 1. The predicted octanol–water partition coefficient (Wildman–Crippen LogP) is 6.96. The van der Waals surface area contributed by atoms with Crippen LogP contribution in [0.15, 0.2) is 109 Å². The van der Waals surface area contributed by atoms with Crippen molar-refractivity contribution in [3.05, 3.63) is 138 Å². The fourth-order valence-corrected chi connectivity index (χ4v) is 9.17. The van der Waals surface area contributed by atoms with Gasteiger partial charge in [0, 0.05) is 53.1 Å². The van der Waals surface area contributed by atoms with E-state index >= 15 is 0 Å². The van der Waals surface area contributed by atoms with Gasteiger partial charge in [0.05, 0.1) is 15.7 Å². The first-order valence-electron chi connectivity index (χ1n) is 18.3. The van der Waals surface area contributed by atoms with Gasteiger partial charge in [0.25, 0.3) is 5.91 Å². The summed E-state index contributed by atoms with van der Waals surface area (Å²) in [5, 5.41) is 2.43. The van der Waals surface area contributed by atoms with Crippen molar-refractivity contribution in [1.29, 1.82) is 0 Å². The summed E-state index contributed by atoms with van der Waals surface area (Å²) < 4.78 is 89.9. The summed E-state index contributed by atoms with van der Waals surface area (Å²) in [6.45, 7) is 9.13. The number of amides is 4. The first-order chi connectivity index (χ1) is 28.6. The van der Waals surface area contributed by atoms with Crippen molar-refractivity contribution in [2.75, 3.05) is 34.4 Å². The SMILES string of the molecule is C=CCN(C(=O)[C@H](Cc1cc(F)cc(F)c1)NS(=O)(=O)NC(=O)N[C@]1(C(=O)N(CC=C)c2ccc3scnc3c2)CC1c1cc(F)cc(F)c1)c1ccc(SCC)c(N)c1. The van der Waals surface area contributed by atoms with E-state index in [2.05, 4.69) is 28.2 Å². The Bertz CT molecular complexity index is 2550. The van der Waals surface area contributed by atoms with Crippen molar-refractivity contribution in [3.63, 3.8) is 0 Å². The van der Waals surface area contributed by atoms with E-state index in [0.717, 1.165) is 38.8 Å². The highest BCUT2D eigenvalue weighted by Crippen LogP contribution is 2.53. The number of nitrogens with two attached hydrogens (primary N) is 1. The molecular weight excluding hydrogens is 843 g/mol. The molecule has 0 aliphatic heterocycles. The maximum absolute atomic E-state index is 14.6. The standard InChI is InChI=1S/C41H39F4N7O5S3/c1-4-11-51(30-7-9-36(58-6-3)33(46)20-30)38(53)35(15-24-13-26(42)18-27(43)14-24)49-60(56,57)50-40(55)48-41(22-32(41)25-16-28(44)19-29(45)17-25)39(54)52(12-5-2)31-8-10-37-34(21-31)47-23-59-37/h4-5,7-10,13-14,16-21,23,32,35,49H,1-2,6,11-12,15,22,46H2,3H3,(H2,48,50,55)/t32?,35-,41+/m0/s1. The number of nitrogens with one attached hydrogen (secondary N) is 3. The maximum Gasteiger partial charge on any atom is 0.330 e. The monoisotopic (exact) mass is 881 g/mol. The number of fused-ring (bicyclic) bond motifs is 1. The summed E-state index contributed by atoms with van der Waals surface area (Å²) in [5.74, 6) is -5.82. The predicted molar refractivity (Wildman–Crippen MR) is 226 cm³/mol. The number of urea groups is 1. The van der Waals surface area contributed by atoms with Crippen LogP contribution in [0.5, 0.6) is 0 Å². The van der Waals surface area contributed by atoms with Gasteiger partial charge >= 0.3 is 16.2 Å². The van der Waals surface area contributed by atoms with E-state index < -0.39 is 75.2 Å². The summed E-state index contributed by atoms with van der Waals surface area (Å²) >= 11 is 2.83. The van der Waals surface area contributed by atoms with Gasteiger partial charge < -0.3 is 20.9 Å². The van der Waals surface area contributed by atoms with E-state index in [1.165, 1.54) is 46.2 Å². The highest BCUT2D eigenvalue weighted by atomic mass is 32.2. The first kappa shape index (κ1) is 43.8. The molecule has 1 fully saturated rings. The van der Waals surface area contributed by atoms with Gasteiger partial charge in [0.2, 0.25) is 5.91 Å². The van der Waals surface area contributed by atoms with Crippen LogP contribution in [0.1, 0.15) is 30.4 Å². The number of carbonyl (C=O) groups is 3. The molecule has 3 atom stereocenters. The molecule has 0 bridgehead atoms. The number of carbonyl (C=O) groups excluding carboxylic acids is 3. The molecule has 5 aromatic rings. The number of hydrogen-bond acceptors (Lipinski definition) is 9.